The topological polar surface area (TPSA) is 55.8 Å². The lowest BCUT2D eigenvalue weighted by atomic mass is 9.77. The van der Waals surface area contributed by atoms with Crippen LogP contribution in [-0.4, -0.2) is 42.5 Å². The highest BCUT2D eigenvalue weighted by Crippen LogP contribution is 2.47. The number of fused-ring (bicyclic) bond motifs is 1. The molecule has 150 valence electrons. The Labute approximate surface area is 164 Å². The van der Waals surface area contributed by atoms with E-state index in [1.165, 1.54) is 6.07 Å². The van der Waals surface area contributed by atoms with Crippen LogP contribution >= 0.6 is 0 Å². The summed E-state index contributed by atoms with van der Waals surface area (Å²) in [7, 11) is 0. The van der Waals surface area contributed by atoms with E-state index in [-0.39, 0.29) is 29.5 Å². The Hall–Kier alpha value is -2.21. The zero-order valence-corrected chi connectivity index (χ0v) is 16.2. The highest BCUT2D eigenvalue weighted by Gasteiger charge is 2.52. The average molecular weight is 387 g/mol. The summed E-state index contributed by atoms with van der Waals surface area (Å²) < 4.78 is 26.1. The molecule has 1 saturated carbocycles. The van der Waals surface area contributed by atoms with Crippen molar-refractivity contribution in [1.29, 1.82) is 0 Å². The first-order valence-electron chi connectivity index (χ1n) is 10.2. The van der Waals surface area contributed by atoms with Gasteiger partial charge in [0, 0.05) is 25.3 Å². The second kappa shape index (κ2) is 8.03. The fourth-order valence-corrected chi connectivity index (χ4v) is 4.62. The van der Waals surface area contributed by atoms with E-state index >= 15 is 0 Å². The van der Waals surface area contributed by atoms with E-state index in [1.54, 1.807) is 23.1 Å². The Morgan fingerprint density at radius 2 is 2.00 bits per heavy atom. The number of rotatable bonds is 6. The molecule has 3 aliphatic rings. The molecule has 1 aliphatic carbocycles. The lowest BCUT2D eigenvalue weighted by molar-refractivity contribution is -0.135. The normalized spacial score (nSPS) is 26.9. The number of Topliss-reactive ketones (excluding diaryl/α,β-unsaturated/α-hetero) is 1. The molecule has 6 heteroatoms. The molecule has 5 nitrogen and oxygen atoms in total. The van der Waals surface area contributed by atoms with Gasteiger partial charge in [-0.2, -0.15) is 0 Å². The van der Waals surface area contributed by atoms with Gasteiger partial charge in [0.25, 0.3) is 5.91 Å². The van der Waals surface area contributed by atoms with Crippen molar-refractivity contribution >= 4 is 11.7 Å². The van der Waals surface area contributed by atoms with Crippen LogP contribution in [0.3, 0.4) is 0 Å². The van der Waals surface area contributed by atoms with Crippen molar-refractivity contribution in [3.8, 4) is 0 Å². The van der Waals surface area contributed by atoms with Crippen LogP contribution in [0.25, 0.3) is 0 Å². The predicted octanol–water partition coefficient (Wildman–Crippen LogP) is 3.55. The summed E-state index contributed by atoms with van der Waals surface area (Å²) in [6.07, 6.45) is 3.92. The van der Waals surface area contributed by atoms with Crippen LogP contribution in [0.1, 0.15) is 50.6 Å². The minimum atomic E-state index is -0.722. The molecule has 1 amide bonds. The number of benzene rings is 1. The summed E-state index contributed by atoms with van der Waals surface area (Å²) in [5.41, 5.74) is 0.693. The molecule has 0 N–H and O–H groups in total. The molecule has 1 aromatic carbocycles. The number of ether oxygens (including phenoxy) is 2. The van der Waals surface area contributed by atoms with Crippen LogP contribution in [0.15, 0.2) is 35.6 Å². The number of hydrogen-bond donors (Lipinski definition) is 0. The maximum atomic E-state index is 14.7. The number of halogens is 1. The van der Waals surface area contributed by atoms with Gasteiger partial charge in [-0.25, -0.2) is 4.39 Å². The lowest BCUT2D eigenvalue weighted by Crippen LogP contribution is -2.39. The molecule has 0 aromatic heterocycles. The fraction of sp³-hybridized carbons (Fsp3) is 0.545. The largest absolute Gasteiger partial charge is 0.483 e. The monoisotopic (exact) mass is 387 g/mol. The summed E-state index contributed by atoms with van der Waals surface area (Å²) in [5, 5.41) is 0. The summed E-state index contributed by atoms with van der Waals surface area (Å²) in [6, 6.07) is 5.64. The summed E-state index contributed by atoms with van der Waals surface area (Å²) in [4.78, 5) is 28.1. The Morgan fingerprint density at radius 3 is 2.79 bits per heavy atom. The highest BCUT2D eigenvalue weighted by molar-refractivity contribution is 6.11. The van der Waals surface area contributed by atoms with Gasteiger partial charge in [0.05, 0.1) is 17.5 Å². The molecular formula is C22H26FNO4. The van der Waals surface area contributed by atoms with Crippen molar-refractivity contribution in [3.63, 3.8) is 0 Å². The maximum absolute atomic E-state index is 14.7. The third-order valence-corrected chi connectivity index (χ3v) is 5.95. The standard InChI is InChI=1S/C22H26FNO4/c1-2-27-13-7-12-24-19(14-8-3-5-10-16(14)23)18-20(25)15-9-4-6-11-17(15)28-21(18)22(24)26/h3,5,8,10,15,17,19H,2,4,6-7,9,11-13H2,1H3. The maximum Gasteiger partial charge on any atom is 0.290 e. The van der Waals surface area contributed by atoms with Gasteiger partial charge in [-0.05, 0) is 38.7 Å². The fourth-order valence-electron chi connectivity index (χ4n) is 4.62. The average Bonchev–Trinajstić information content (AvgIpc) is 2.98. The lowest BCUT2D eigenvalue weighted by Gasteiger charge is -2.35. The van der Waals surface area contributed by atoms with Crippen molar-refractivity contribution in [1.82, 2.24) is 4.90 Å². The van der Waals surface area contributed by atoms with Crippen LogP contribution in [0.4, 0.5) is 4.39 Å². The van der Waals surface area contributed by atoms with Gasteiger partial charge in [-0.3, -0.25) is 9.59 Å². The Bertz CT molecular complexity index is 805. The second-order valence-corrected chi connectivity index (χ2v) is 7.63. The number of amides is 1. The van der Waals surface area contributed by atoms with Gasteiger partial charge in [0.15, 0.2) is 11.5 Å². The molecule has 1 aromatic rings. The molecular weight excluding hydrogens is 361 g/mol. The first-order chi connectivity index (χ1) is 13.6. The smallest absolute Gasteiger partial charge is 0.290 e. The Morgan fingerprint density at radius 1 is 1.21 bits per heavy atom. The van der Waals surface area contributed by atoms with Crippen LogP contribution < -0.4 is 0 Å². The van der Waals surface area contributed by atoms with Crippen LogP contribution in [0.5, 0.6) is 0 Å². The van der Waals surface area contributed by atoms with Gasteiger partial charge in [0.1, 0.15) is 11.9 Å². The van der Waals surface area contributed by atoms with Crippen LogP contribution in [0, 0.1) is 11.7 Å². The molecule has 2 aliphatic heterocycles. The summed E-state index contributed by atoms with van der Waals surface area (Å²) in [5.74, 6) is -0.852. The summed E-state index contributed by atoms with van der Waals surface area (Å²) >= 11 is 0. The molecule has 28 heavy (non-hydrogen) atoms. The highest BCUT2D eigenvalue weighted by atomic mass is 19.1. The Kier molecular flexibility index (Phi) is 5.49. The quantitative estimate of drug-likeness (QED) is 0.701. The van der Waals surface area contributed by atoms with Gasteiger partial charge in [0.2, 0.25) is 0 Å². The molecule has 3 atom stereocenters. The minimum absolute atomic E-state index is 0.0418. The molecule has 3 unspecified atom stereocenters. The van der Waals surface area contributed by atoms with Crippen molar-refractivity contribution in [2.24, 2.45) is 5.92 Å². The van der Waals surface area contributed by atoms with E-state index < -0.39 is 11.9 Å². The van der Waals surface area contributed by atoms with E-state index in [0.717, 1.165) is 25.7 Å². The van der Waals surface area contributed by atoms with Gasteiger partial charge >= 0.3 is 0 Å². The van der Waals surface area contributed by atoms with E-state index in [1.807, 2.05) is 6.92 Å². The van der Waals surface area contributed by atoms with E-state index in [9.17, 15) is 14.0 Å². The molecule has 0 radical (unpaired) electrons. The van der Waals surface area contributed by atoms with Crippen molar-refractivity contribution in [2.45, 2.75) is 51.2 Å². The first-order valence-corrected chi connectivity index (χ1v) is 10.2. The molecule has 4 rings (SSSR count). The number of ketones is 1. The van der Waals surface area contributed by atoms with Crippen LogP contribution in [0.2, 0.25) is 0 Å². The second-order valence-electron chi connectivity index (χ2n) is 7.63. The van der Waals surface area contributed by atoms with E-state index in [2.05, 4.69) is 0 Å². The van der Waals surface area contributed by atoms with E-state index in [0.29, 0.717) is 37.3 Å². The first kappa shape index (κ1) is 19.1. The minimum Gasteiger partial charge on any atom is -0.483 e. The van der Waals surface area contributed by atoms with Crippen molar-refractivity contribution in [2.75, 3.05) is 19.8 Å². The van der Waals surface area contributed by atoms with Gasteiger partial charge < -0.3 is 14.4 Å². The van der Waals surface area contributed by atoms with Gasteiger partial charge in [-0.15, -0.1) is 0 Å². The number of carbonyl (C=O) groups excluding carboxylic acids is 2. The van der Waals surface area contributed by atoms with Crippen molar-refractivity contribution in [3.05, 3.63) is 47.0 Å². The van der Waals surface area contributed by atoms with Crippen LogP contribution in [-0.2, 0) is 19.1 Å². The molecule has 1 fully saturated rings. The molecule has 0 spiro atoms. The zero-order valence-electron chi connectivity index (χ0n) is 16.2. The zero-order chi connectivity index (χ0) is 19.7. The van der Waals surface area contributed by atoms with E-state index in [4.69, 9.17) is 9.47 Å². The van der Waals surface area contributed by atoms with Gasteiger partial charge in [-0.1, -0.05) is 24.6 Å². The summed E-state index contributed by atoms with van der Waals surface area (Å²) in [6.45, 7) is 3.41. The third-order valence-electron chi connectivity index (χ3n) is 5.95. The number of nitrogens with zero attached hydrogens (tertiary/aromatic N) is 1. The van der Waals surface area contributed by atoms with Crippen molar-refractivity contribution < 1.29 is 23.5 Å². The molecule has 0 saturated heterocycles. The predicted molar refractivity (Wildman–Crippen MR) is 101 cm³/mol. The third kappa shape index (κ3) is 3.24. The molecule has 0 bridgehead atoms. The SMILES string of the molecule is CCOCCCN1C(=O)C2=C(C(=O)C3CCCCC3O2)C1c1ccccc1F. The number of hydrogen-bond acceptors (Lipinski definition) is 4. The Balaban J connectivity index is 1.71. The molecule has 2 heterocycles. The number of carbonyl (C=O) groups is 2.